The van der Waals surface area contributed by atoms with Crippen molar-refractivity contribution >= 4 is 28.1 Å². The molecule has 1 aromatic heterocycles. The predicted octanol–water partition coefficient (Wildman–Crippen LogP) is 3.09. The Morgan fingerprint density at radius 1 is 1.45 bits per heavy atom. The van der Waals surface area contributed by atoms with Crippen LogP contribution in [-0.2, 0) is 4.79 Å². The Balaban J connectivity index is 2.14. The molecular formula is C14H17N3O2S. The highest BCUT2D eigenvalue weighted by molar-refractivity contribution is 7.13. The van der Waals surface area contributed by atoms with Crippen LogP contribution in [0.15, 0.2) is 29.6 Å². The number of nitrogens with one attached hydrogen (secondary N) is 1. The highest BCUT2D eigenvalue weighted by Crippen LogP contribution is 2.25. The minimum absolute atomic E-state index is 0.366. The maximum atomic E-state index is 10.8. The van der Waals surface area contributed by atoms with E-state index < -0.39 is 12.0 Å². The number of nitrogens with two attached hydrogens (primary N) is 1. The molecule has 0 spiro atoms. The van der Waals surface area contributed by atoms with Gasteiger partial charge in [0.1, 0.15) is 6.04 Å². The summed E-state index contributed by atoms with van der Waals surface area (Å²) < 4.78 is 0. The fourth-order valence-corrected chi connectivity index (χ4v) is 2.48. The molecule has 1 heterocycles. The fraction of sp³-hybridized carbons (Fsp3) is 0.286. The topological polar surface area (TPSA) is 88.2 Å². The minimum Gasteiger partial charge on any atom is -0.480 e. The number of aromatic nitrogens is 1. The van der Waals surface area contributed by atoms with Gasteiger partial charge in [-0.05, 0) is 23.6 Å². The molecule has 1 atom stereocenters. The van der Waals surface area contributed by atoms with Crippen LogP contribution in [0.2, 0.25) is 0 Å². The van der Waals surface area contributed by atoms with Crippen molar-refractivity contribution in [1.29, 1.82) is 0 Å². The predicted molar refractivity (Wildman–Crippen MR) is 80.5 cm³/mol. The first kappa shape index (κ1) is 14.5. The van der Waals surface area contributed by atoms with Crippen LogP contribution in [0.4, 0.5) is 10.8 Å². The van der Waals surface area contributed by atoms with Gasteiger partial charge in [0.2, 0.25) is 0 Å². The van der Waals surface area contributed by atoms with Crippen LogP contribution in [0.25, 0.3) is 0 Å². The van der Waals surface area contributed by atoms with Crippen molar-refractivity contribution in [2.45, 2.75) is 25.8 Å². The van der Waals surface area contributed by atoms with E-state index in [1.807, 2.05) is 12.1 Å². The highest BCUT2D eigenvalue weighted by Gasteiger charge is 2.17. The monoisotopic (exact) mass is 291 g/mol. The number of benzene rings is 1. The van der Waals surface area contributed by atoms with Gasteiger partial charge in [0.05, 0.1) is 5.69 Å². The summed E-state index contributed by atoms with van der Waals surface area (Å²) in [4.78, 5) is 15.0. The third-order valence-corrected chi connectivity index (χ3v) is 3.69. The molecule has 0 fully saturated rings. The highest BCUT2D eigenvalue weighted by atomic mass is 32.1. The molecule has 6 heteroatoms. The van der Waals surface area contributed by atoms with Gasteiger partial charge in [-0.3, -0.25) is 4.79 Å². The third kappa shape index (κ3) is 3.34. The van der Waals surface area contributed by atoms with Crippen LogP contribution in [0.5, 0.6) is 0 Å². The zero-order chi connectivity index (χ0) is 14.7. The largest absolute Gasteiger partial charge is 0.480 e. The van der Waals surface area contributed by atoms with Gasteiger partial charge in [-0.25, -0.2) is 4.98 Å². The summed E-state index contributed by atoms with van der Waals surface area (Å²) >= 11 is 1.34. The van der Waals surface area contributed by atoms with E-state index in [9.17, 15) is 4.79 Å². The first-order valence-corrected chi connectivity index (χ1v) is 7.16. The van der Waals surface area contributed by atoms with Gasteiger partial charge in [-0.15, -0.1) is 11.3 Å². The molecule has 1 unspecified atom stereocenters. The molecule has 0 bridgehead atoms. The normalized spacial score (nSPS) is 12.4. The number of nitrogens with zero attached hydrogens (tertiary/aromatic N) is 1. The number of aliphatic carboxylic acids is 1. The summed E-state index contributed by atoms with van der Waals surface area (Å²) in [6, 6.07) is 6.98. The van der Waals surface area contributed by atoms with E-state index in [4.69, 9.17) is 10.8 Å². The van der Waals surface area contributed by atoms with Crippen LogP contribution >= 0.6 is 11.3 Å². The molecule has 0 saturated heterocycles. The molecule has 0 amide bonds. The van der Waals surface area contributed by atoms with E-state index in [1.165, 1.54) is 16.9 Å². The number of rotatable bonds is 5. The van der Waals surface area contributed by atoms with E-state index in [1.54, 1.807) is 5.38 Å². The lowest BCUT2D eigenvalue weighted by atomic mass is 10.0. The van der Waals surface area contributed by atoms with Gasteiger partial charge in [-0.1, -0.05) is 26.0 Å². The molecule has 2 aromatic rings. The van der Waals surface area contributed by atoms with Crippen molar-refractivity contribution in [2.24, 2.45) is 5.73 Å². The van der Waals surface area contributed by atoms with Crippen molar-refractivity contribution in [3.63, 3.8) is 0 Å². The van der Waals surface area contributed by atoms with Crippen molar-refractivity contribution < 1.29 is 9.90 Å². The second kappa shape index (κ2) is 6.02. The summed E-state index contributed by atoms with van der Waals surface area (Å²) in [5, 5.41) is 14.3. The minimum atomic E-state index is -1.08. The second-order valence-corrected chi connectivity index (χ2v) is 5.66. The average Bonchev–Trinajstić information content (AvgIpc) is 2.86. The molecule has 2 rings (SSSR count). The van der Waals surface area contributed by atoms with E-state index in [-0.39, 0.29) is 0 Å². The molecule has 1 aromatic carbocycles. The van der Waals surface area contributed by atoms with Gasteiger partial charge in [-0.2, -0.15) is 0 Å². The van der Waals surface area contributed by atoms with Crippen LogP contribution in [0, 0.1) is 0 Å². The SMILES string of the molecule is CC(C)c1cccc(Nc2nc(C(N)C(=O)O)cs2)c1. The third-order valence-electron chi connectivity index (χ3n) is 2.91. The molecular weight excluding hydrogens is 274 g/mol. The van der Waals surface area contributed by atoms with Gasteiger partial charge in [0.15, 0.2) is 5.13 Å². The van der Waals surface area contributed by atoms with Gasteiger partial charge < -0.3 is 16.2 Å². The first-order chi connectivity index (χ1) is 9.47. The van der Waals surface area contributed by atoms with Crippen LogP contribution < -0.4 is 11.1 Å². The standard InChI is InChI=1S/C14H17N3O2S/c1-8(2)9-4-3-5-10(6-9)16-14-17-11(7-20-14)12(15)13(18)19/h3-8,12H,15H2,1-2H3,(H,16,17)(H,18,19). The summed E-state index contributed by atoms with van der Waals surface area (Å²) in [5.41, 5.74) is 8.05. The lowest BCUT2D eigenvalue weighted by Crippen LogP contribution is -2.20. The number of thiazole rings is 1. The number of carbonyl (C=O) groups is 1. The molecule has 0 saturated carbocycles. The molecule has 0 radical (unpaired) electrons. The quantitative estimate of drug-likeness (QED) is 0.787. The van der Waals surface area contributed by atoms with Gasteiger partial charge >= 0.3 is 5.97 Å². The first-order valence-electron chi connectivity index (χ1n) is 6.28. The Labute approximate surface area is 121 Å². The van der Waals surface area contributed by atoms with Crippen molar-refractivity contribution in [3.8, 4) is 0 Å². The Bertz CT molecular complexity index is 610. The van der Waals surface area contributed by atoms with Crippen molar-refractivity contribution in [2.75, 3.05) is 5.32 Å². The van der Waals surface area contributed by atoms with E-state index in [0.717, 1.165) is 5.69 Å². The average molecular weight is 291 g/mol. The zero-order valence-corrected chi connectivity index (χ0v) is 12.1. The van der Waals surface area contributed by atoms with Crippen LogP contribution in [0.3, 0.4) is 0 Å². The number of anilines is 2. The fourth-order valence-electron chi connectivity index (χ4n) is 1.71. The maximum absolute atomic E-state index is 10.8. The summed E-state index contributed by atoms with van der Waals surface area (Å²) in [6.07, 6.45) is 0. The van der Waals surface area contributed by atoms with Crippen LogP contribution in [0.1, 0.15) is 37.1 Å². The zero-order valence-electron chi connectivity index (χ0n) is 11.3. The molecule has 106 valence electrons. The summed E-state index contributed by atoms with van der Waals surface area (Å²) in [6.45, 7) is 4.26. The number of hydrogen-bond donors (Lipinski definition) is 3. The lowest BCUT2D eigenvalue weighted by molar-refractivity contribution is -0.138. The number of carboxylic acids is 1. The molecule has 0 aliphatic heterocycles. The summed E-state index contributed by atoms with van der Waals surface area (Å²) in [5.74, 6) is -0.632. The Morgan fingerprint density at radius 3 is 2.85 bits per heavy atom. The van der Waals surface area contributed by atoms with E-state index >= 15 is 0 Å². The van der Waals surface area contributed by atoms with E-state index in [0.29, 0.717) is 16.7 Å². The molecule has 0 aliphatic rings. The number of carboxylic acid groups (broad SMARTS) is 1. The lowest BCUT2D eigenvalue weighted by Gasteiger charge is -2.08. The van der Waals surface area contributed by atoms with Gasteiger partial charge in [0.25, 0.3) is 0 Å². The van der Waals surface area contributed by atoms with Crippen molar-refractivity contribution in [3.05, 3.63) is 40.9 Å². The van der Waals surface area contributed by atoms with Crippen molar-refractivity contribution in [1.82, 2.24) is 4.98 Å². The summed E-state index contributed by atoms with van der Waals surface area (Å²) in [7, 11) is 0. The molecule has 4 N–H and O–H groups in total. The van der Waals surface area contributed by atoms with E-state index in [2.05, 4.69) is 36.3 Å². The number of hydrogen-bond acceptors (Lipinski definition) is 5. The Hall–Kier alpha value is -1.92. The van der Waals surface area contributed by atoms with Crippen LogP contribution in [-0.4, -0.2) is 16.1 Å². The molecule has 0 aliphatic carbocycles. The second-order valence-electron chi connectivity index (χ2n) is 4.80. The van der Waals surface area contributed by atoms with Gasteiger partial charge in [0, 0.05) is 11.1 Å². The Kier molecular flexibility index (Phi) is 4.36. The Morgan fingerprint density at radius 2 is 2.20 bits per heavy atom. The maximum Gasteiger partial charge on any atom is 0.326 e. The molecule has 20 heavy (non-hydrogen) atoms. The smallest absolute Gasteiger partial charge is 0.326 e. The molecule has 5 nitrogen and oxygen atoms in total.